The average Bonchev–Trinajstić information content (AvgIpc) is 2.96. The summed E-state index contributed by atoms with van der Waals surface area (Å²) in [7, 11) is 0. The van der Waals surface area contributed by atoms with Gasteiger partial charge in [0.1, 0.15) is 11.4 Å². The van der Waals surface area contributed by atoms with Gasteiger partial charge < -0.3 is 9.73 Å². The Morgan fingerprint density at radius 2 is 2.33 bits per heavy atom. The molecule has 2 aromatic rings. The molecule has 0 bridgehead atoms. The van der Waals surface area contributed by atoms with Crippen molar-refractivity contribution in [2.75, 3.05) is 6.54 Å². The Balaban J connectivity index is 1.82. The van der Waals surface area contributed by atoms with E-state index in [-0.39, 0.29) is 17.6 Å². The van der Waals surface area contributed by atoms with Gasteiger partial charge in [-0.1, -0.05) is 0 Å². The van der Waals surface area contributed by atoms with Crippen molar-refractivity contribution in [3.05, 3.63) is 35.8 Å². The number of carbonyl (C=O) groups excluding carboxylic acids is 1. The highest BCUT2D eigenvalue weighted by atomic mass is 19.1. The number of nitrogens with one attached hydrogen (secondary N) is 1. The molecule has 1 fully saturated rings. The van der Waals surface area contributed by atoms with Crippen LogP contribution in [0.5, 0.6) is 0 Å². The number of ketones is 1. The maximum absolute atomic E-state index is 13.0. The molecule has 18 heavy (non-hydrogen) atoms. The van der Waals surface area contributed by atoms with E-state index in [1.54, 1.807) is 12.1 Å². The van der Waals surface area contributed by atoms with Crippen LogP contribution in [0.4, 0.5) is 4.39 Å². The van der Waals surface area contributed by atoms with Crippen LogP contribution in [-0.4, -0.2) is 18.4 Å². The number of benzene rings is 1. The van der Waals surface area contributed by atoms with Crippen molar-refractivity contribution in [1.29, 1.82) is 0 Å². The first-order valence-electron chi connectivity index (χ1n) is 6.18. The maximum atomic E-state index is 13.0. The lowest BCUT2D eigenvalue weighted by atomic mass is 10.1. The molecule has 0 amide bonds. The summed E-state index contributed by atoms with van der Waals surface area (Å²) in [4.78, 5) is 12.0. The number of hydrogen-bond donors (Lipinski definition) is 1. The van der Waals surface area contributed by atoms with Gasteiger partial charge in [-0.3, -0.25) is 4.79 Å². The molecule has 0 saturated carbocycles. The molecule has 1 aromatic heterocycles. The predicted octanol–water partition coefficient (Wildman–Crippen LogP) is 2.90. The van der Waals surface area contributed by atoms with Crippen molar-refractivity contribution in [2.45, 2.75) is 25.3 Å². The van der Waals surface area contributed by atoms with E-state index < -0.39 is 0 Å². The number of hydrogen-bond acceptors (Lipinski definition) is 3. The summed E-state index contributed by atoms with van der Waals surface area (Å²) in [5.41, 5.74) is 0.555. The topological polar surface area (TPSA) is 42.2 Å². The van der Waals surface area contributed by atoms with Crippen molar-refractivity contribution in [3.63, 3.8) is 0 Å². The molecule has 3 nitrogen and oxygen atoms in total. The van der Waals surface area contributed by atoms with Gasteiger partial charge in [0, 0.05) is 17.8 Å². The van der Waals surface area contributed by atoms with Crippen LogP contribution in [0.3, 0.4) is 0 Å². The average molecular weight is 247 g/mol. The molecule has 3 rings (SSSR count). The Morgan fingerprint density at radius 1 is 1.44 bits per heavy atom. The predicted molar refractivity (Wildman–Crippen MR) is 66.1 cm³/mol. The minimum atomic E-state index is -0.320. The highest BCUT2D eigenvalue weighted by molar-refractivity contribution is 5.97. The molecule has 1 N–H and O–H groups in total. The normalized spacial score (nSPS) is 19.5. The molecule has 0 aliphatic carbocycles. The zero-order valence-corrected chi connectivity index (χ0v) is 9.91. The van der Waals surface area contributed by atoms with Crippen LogP contribution in [0.15, 0.2) is 28.7 Å². The standard InChI is InChI=1S/C14H14FNO2/c15-10-3-4-13-9(6-10)7-14(18-13)12(17)8-11-2-1-5-16-11/h3-4,6-7,11,16H,1-2,5,8H2. The molecule has 1 atom stereocenters. The highest BCUT2D eigenvalue weighted by Gasteiger charge is 2.20. The van der Waals surface area contributed by atoms with Gasteiger partial charge in [0.05, 0.1) is 0 Å². The van der Waals surface area contributed by atoms with Gasteiger partial charge in [-0.05, 0) is 43.7 Å². The third-order valence-electron chi connectivity index (χ3n) is 3.35. The second kappa shape index (κ2) is 4.53. The summed E-state index contributed by atoms with van der Waals surface area (Å²) >= 11 is 0. The van der Waals surface area contributed by atoms with E-state index in [2.05, 4.69) is 5.32 Å². The Labute approximate surface area is 104 Å². The third kappa shape index (κ3) is 2.16. The van der Waals surface area contributed by atoms with Crippen LogP contribution < -0.4 is 5.32 Å². The van der Waals surface area contributed by atoms with E-state index in [0.717, 1.165) is 19.4 Å². The molecular weight excluding hydrogens is 233 g/mol. The number of halogens is 1. The van der Waals surface area contributed by atoms with Crippen molar-refractivity contribution in [1.82, 2.24) is 5.32 Å². The Morgan fingerprint density at radius 3 is 3.11 bits per heavy atom. The fourth-order valence-electron chi connectivity index (χ4n) is 2.41. The molecule has 4 heteroatoms. The molecule has 1 aliphatic rings. The Hall–Kier alpha value is -1.68. The van der Waals surface area contributed by atoms with Crippen LogP contribution in [0.1, 0.15) is 29.8 Å². The van der Waals surface area contributed by atoms with Gasteiger partial charge >= 0.3 is 0 Å². The Bertz CT molecular complexity index is 584. The summed E-state index contributed by atoms with van der Waals surface area (Å²) in [6.07, 6.45) is 2.59. The zero-order chi connectivity index (χ0) is 12.5. The molecule has 1 saturated heterocycles. The summed E-state index contributed by atoms with van der Waals surface area (Å²) in [6.45, 7) is 0.975. The monoisotopic (exact) mass is 247 g/mol. The lowest BCUT2D eigenvalue weighted by molar-refractivity contribution is 0.0947. The zero-order valence-electron chi connectivity index (χ0n) is 9.91. The lowest BCUT2D eigenvalue weighted by Gasteiger charge is -2.06. The molecular formula is C14H14FNO2. The number of fused-ring (bicyclic) bond motifs is 1. The van der Waals surface area contributed by atoms with E-state index in [1.165, 1.54) is 12.1 Å². The SMILES string of the molecule is O=C(CC1CCCN1)c1cc2cc(F)ccc2o1. The molecule has 2 heterocycles. The van der Waals surface area contributed by atoms with E-state index in [0.29, 0.717) is 23.2 Å². The molecule has 1 aromatic carbocycles. The first-order valence-corrected chi connectivity index (χ1v) is 6.18. The summed E-state index contributed by atoms with van der Waals surface area (Å²) < 4.78 is 18.5. The quantitative estimate of drug-likeness (QED) is 0.848. The highest BCUT2D eigenvalue weighted by Crippen LogP contribution is 2.22. The number of rotatable bonds is 3. The van der Waals surface area contributed by atoms with Crippen LogP contribution in [0.2, 0.25) is 0 Å². The summed E-state index contributed by atoms with van der Waals surface area (Å²) in [5.74, 6) is -0.0185. The number of Topliss-reactive ketones (excluding diaryl/α,β-unsaturated/α-hetero) is 1. The second-order valence-electron chi connectivity index (χ2n) is 4.71. The summed E-state index contributed by atoms with van der Waals surface area (Å²) in [6, 6.07) is 6.13. The molecule has 1 unspecified atom stereocenters. The molecule has 1 aliphatic heterocycles. The largest absolute Gasteiger partial charge is 0.453 e. The van der Waals surface area contributed by atoms with Crippen LogP contribution >= 0.6 is 0 Å². The second-order valence-corrected chi connectivity index (χ2v) is 4.71. The first kappa shape index (κ1) is 11.4. The van der Waals surface area contributed by atoms with Crippen LogP contribution in [0.25, 0.3) is 11.0 Å². The fourth-order valence-corrected chi connectivity index (χ4v) is 2.41. The van der Waals surface area contributed by atoms with Crippen LogP contribution in [0, 0.1) is 5.82 Å². The smallest absolute Gasteiger partial charge is 0.199 e. The van der Waals surface area contributed by atoms with Gasteiger partial charge in [-0.2, -0.15) is 0 Å². The van der Waals surface area contributed by atoms with Gasteiger partial charge in [0.2, 0.25) is 0 Å². The Kier molecular flexibility index (Phi) is 2.88. The van der Waals surface area contributed by atoms with Crippen molar-refractivity contribution < 1.29 is 13.6 Å². The van der Waals surface area contributed by atoms with Gasteiger partial charge in [-0.25, -0.2) is 4.39 Å². The third-order valence-corrected chi connectivity index (χ3v) is 3.35. The summed E-state index contributed by atoms with van der Waals surface area (Å²) in [5, 5.41) is 3.91. The van der Waals surface area contributed by atoms with Crippen molar-refractivity contribution in [2.24, 2.45) is 0 Å². The maximum Gasteiger partial charge on any atom is 0.199 e. The molecule has 0 radical (unpaired) electrons. The van der Waals surface area contributed by atoms with Crippen molar-refractivity contribution >= 4 is 16.8 Å². The van der Waals surface area contributed by atoms with Crippen molar-refractivity contribution in [3.8, 4) is 0 Å². The number of carbonyl (C=O) groups is 1. The van der Waals surface area contributed by atoms with E-state index in [9.17, 15) is 9.18 Å². The minimum absolute atomic E-state index is 0.0222. The fraction of sp³-hybridized carbons (Fsp3) is 0.357. The first-order chi connectivity index (χ1) is 8.72. The van der Waals surface area contributed by atoms with Gasteiger partial charge in [-0.15, -0.1) is 0 Å². The lowest BCUT2D eigenvalue weighted by Crippen LogP contribution is -2.24. The molecule has 94 valence electrons. The number of furan rings is 1. The van der Waals surface area contributed by atoms with Gasteiger partial charge in [0.15, 0.2) is 11.5 Å². The van der Waals surface area contributed by atoms with E-state index in [1.807, 2.05) is 0 Å². The van der Waals surface area contributed by atoms with Gasteiger partial charge in [0.25, 0.3) is 0 Å². The van der Waals surface area contributed by atoms with E-state index in [4.69, 9.17) is 4.42 Å². The van der Waals surface area contributed by atoms with Crippen LogP contribution in [-0.2, 0) is 0 Å². The molecule has 0 spiro atoms. The van der Waals surface area contributed by atoms with E-state index >= 15 is 0 Å². The minimum Gasteiger partial charge on any atom is -0.453 e.